The Morgan fingerprint density at radius 1 is 1.00 bits per heavy atom. The van der Waals surface area contributed by atoms with E-state index in [1.54, 1.807) is 34.9 Å². The van der Waals surface area contributed by atoms with Gasteiger partial charge >= 0.3 is 6.09 Å². The largest absolute Gasteiger partial charge is 0.484 e. The van der Waals surface area contributed by atoms with Gasteiger partial charge in [-0.2, -0.15) is 0 Å². The number of benzene rings is 2. The minimum atomic E-state index is -3.73. The maximum absolute atomic E-state index is 12.6. The van der Waals surface area contributed by atoms with Crippen molar-refractivity contribution in [2.45, 2.75) is 18.7 Å². The van der Waals surface area contributed by atoms with E-state index >= 15 is 0 Å². The van der Waals surface area contributed by atoms with E-state index in [1.807, 2.05) is 13.0 Å². The molecule has 1 heterocycles. The van der Waals surface area contributed by atoms with E-state index in [1.165, 1.54) is 24.3 Å². The molecule has 1 aliphatic heterocycles. The summed E-state index contributed by atoms with van der Waals surface area (Å²) >= 11 is 0. The molecule has 0 radical (unpaired) electrons. The van der Waals surface area contributed by atoms with Crippen LogP contribution >= 0.6 is 0 Å². The SMILES string of the molecule is CCOC(=O)N1CCN(C(=O)COc2ccc(S(=O)(=O)Nc3cccc(C)c3)cc2)CC1. The highest BCUT2D eigenvalue weighted by Crippen LogP contribution is 2.20. The van der Waals surface area contributed by atoms with E-state index in [4.69, 9.17) is 9.47 Å². The monoisotopic (exact) mass is 461 g/mol. The van der Waals surface area contributed by atoms with Crippen molar-refractivity contribution in [1.29, 1.82) is 0 Å². The first kappa shape index (κ1) is 23.4. The highest BCUT2D eigenvalue weighted by atomic mass is 32.2. The van der Waals surface area contributed by atoms with Gasteiger partial charge in [-0.25, -0.2) is 13.2 Å². The van der Waals surface area contributed by atoms with Gasteiger partial charge in [0.05, 0.1) is 11.5 Å². The smallest absolute Gasteiger partial charge is 0.409 e. The maximum Gasteiger partial charge on any atom is 0.409 e. The number of sulfonamides is 1. The number of piperazine rings is 1. The van der Waals surface area contributed by atoms with E-state index < -0.39 is 10.0 Å². The molecule has 32 heavy (non-hydrogen) atoms. The average Bonchev–Trinajstić information content (AvgIpc) is 2.78. The maximum atomic E-state index is 12.6. The van der Waals surface area contributed by atoms with Crippen LogP contribution in [0.3, 0.4) is 0 Å². The fourth-order valence-corrected chi connectivity index (χ4v) is 4.28. The Morgan fingerprint density at radius 3 is 2.28 bits per heavy atom. The van der Waals surface area contributed by atoms with Gasteiger partial charge in [-0.15, -0.1) is 0 Å². The average molecular weight is 462 g/mol. The first-order valence-electron chi connectivity index (χ1n) is 10.3. The number of anilines is 1. The van der Waals surface area contributed by atoms with Crippen LogP contribution in [0.4, 0.5) is 10.5 Å². The van der Waals surface area contributed by atoms with E-state index in [-0.39, 0.29) is 23.5 Å². The Labute approximate surface area is 188 Å². The lowest BCUT2D eigenvalue weighted by molar-refractivity contribution is -0.134. The molecule has 2 aromatic carbocycles. The first-order chi connectivity index (χ1) is 15.3. The topological polar surface area (TPSA) is 105 Å². The van der Waals surface area contributed by atoms with Gasteiger partial charge in [0.15, 0.2) is 6.61 Å². The molecule has 10 heteroatoms. The van der Waals surface area contributed by atoms with Crippen LogP contribution < -0.4 is 9.46 Å². The second-order valence-electron chi connectivity index (χ2n) is 7.30. The standard InChI is InChI=1S/C22H27N3O6S/c1-3-30-22(27)25-13-11-24(12-14-25)21(26)16-31-19-7-9-20(10-8-19)32(28,29)23-18-6-4-5-17(2)15-18/h4-10,15,23H,3,11-14,16H2,1-2H3. The number of ether oxygens (including phenoxy) is 2. The van der Waals surface area contributed by atoms with Crippen LogP contribution in [0.15, 0.2) is 53.4 Å². The third-order valence-electron chi connectivity index (χ3n) is 4.93. The van der Waals surface area contributed by atoms with Crippen LogP contribution in [0.25, 0.3) is 0 Å². The summed E-state index contributed by atoms with van der Waals surface area (Å²) in [5, 5.41) is 0. The molecular formula is C22H27N3O6S. The number of carbonyl (C=O) groups excluding carboxylic acids is 2. The molecule has 1 saturated heterocycles. The van der Waals surface area contributed by atoms with E-state index in [9.17, 15) is 18.0 Å². The molecule has 0 saturated carbocycles. The molecule has 2 aromatic rings. The quantitative estimate of drug-likeness (QED) is 0.679. The zero-order chi connectivity index (χ0) is 23.1. The number of rotatable bonds is 7. The van der Waals surface area contributed by atoms with Gasteiger partial charge in [0.1, 0.15) is 5.75 Å². The number of nitrogens with one attached hydrogen (secondary N) is 1. The molecule has 0 unspecified atom stereocenters. The summed E-state index contributed by atoms with van der Waals surface area (Å²) in [6, 6.07) is 13.0. The predicted octanol–water partition coefficient (Wildman–Crippen LogP) is 2.48. The van der Waals surface area contributed by atoms with Gasteiger partial charge < -0.3 is 19.3 Å². The van der Waals surface area contributed by atoms with Crippen molar-refractivity contribution >= 4 is 27.7 Å². The highest BCUT2D eigenvalue weighted by molar-refractivity contribution is 7.92. The summed E-state index contributed by atoms with van der Waals surface area (Å²) in [7, 11) is -3.73. The Bertz CT molecular complexity index is 1050. The molecule has 3 rings (SSSR count). The fraction of sp³-hybridized carbons (Fsp3) is 0.364. The summed E-state index contributed by atoms with van der Waals surface area (Å²) in [5.74, 6) is 0.185. The zero-order valence-electron chi connectivity index (χ0n) is 18.1. The van der Waals surface area contributed by atoms with Crippen molar-refractivity contribution in [3.8, 4) is 5.75 Å². The predicted molar refractivity (Wildman–Crippen MR) is 119 cm³/mol. The molecule has 0 aromatic heterocycles. The van der Waals surface area contributed by atoms with Crippen LogP contribution in [-0.2, 0) is 19.6 Å². The molecule has 0 spiro atoms. The summed E-state index contributed by atoms with van der Waals surface area (Å²) in [5.41, 5.74) is 1.43. The molecule has 2 amide bonds. The molecule has 172 valence electrons. The van der Waals surface area contributed by atoms with Crippen molar-refractivity contribution in [3.05, 3.63) is 54.1 Å². The van der Waals surface area contributed by atoms with E-state index in [0.717, 1.165) is 5.56 Å². The van der Waals surface area contributed by atoms with Gasteiger partial charge in [-0.1, -0.05) is 12.1 Å². The Morgan fingerprint density at radius 2 is 1.66 bits per heavy atom. The first-order valence-corrected chi connectivity index (χ1v) is 11.8. The Kier molecular flexibility index (Phi) is 7.57. The van der Waals surface area contributed by atoms with Crippen LogP contribution in [0.2, 0.25) is 0 Å². The fourth-order valence-electron chi connectivity index (χ4n) is 3.23. The molecule has 0 atom stereocenters. The summed E-state index contributed by atoms with van der Waals surface area (Å²) in [6.45, 7) is 5.39. The van der Waals surface area contributed by atoms with Crippen LogP contribution in [-0.4, -0.2) is 69.6 Å². The lowest BCUT2D eigenvalue weighted by Gasteiger charge is -2.33. The molecule has 1 aliphatic rings. The highest BCUT2D eigenvalue weighted by Gasteiger charge is 2.25. The summed E-state index contributed by atoms with van der Waals surface area (Å²) in [6.07, 6.45) is -0.372. The van der Waals surface area contributed by atoms with Crippen LogP contribution in [0.5, 0.6) is 5.75 Å². The number of carbonyl (C=O) groups is 2. The summed E-state index contributed by atoms with van der Waals surface area (Å²) < 4.78 is 38.2. The zero-order valence-corrected chi connectivity index (χ0v) is 18.9. The minimum Gasteiger partial charge on any atom is -0.484 e. The Hall–Kier alpha value is -3.27. The van der Waals surface area contributed by atoms with Gasteiger partial charge in [-0.3, -0.25) is 9.52 Å². The lowest BCUT2D eigenvalue weighted by atomic mass is 10.2. The molecule has 0 aliphatic carbocycles. The number of amides is 2. The normalized spacial score (nSPS) is 14.1. The molecule has 9 nitrogen and oxygen atoms in total. The second kappa shape index (κ2) is 10.4. The minimum absolute atomic E-state index is 0.0905. The van der Waals surface area contributed by atoms with Crippen LogP contribution in [0.1, 0.15) is 12.5 Å². The van der Waals surface area contributed by atoms with Crippen molar-refractivity contribution < 1.29 is 27.5 Å². The van der Waals surface area contributed by atoms with Crippen LogP contribution in [0, 0.1) is 6.92 Å². The molecule has 1 fully saturated rings. The van der Waals surface area contributed by atoms with Crippen molar-refractivity contribution in [2.24, 2.45) is 0 Å². The van der Waals surface area contributed by atoms with Gasteiger partial charge in [0.25, 0.3) is 15.9 Å². The number of hydrogen-bond donors (Lipinski definition) is 1. The third-order valence-corrected chi connectivity index (χ3v) is 6.32. The molecule has 1 N–H and O–H groups in total. The third kappa shape index (κ3) is 6.13. The van der Waals surface area contributed by atoms with E-state index in [0.29, 0.717) is 44.2 Å². The molecule has 0 bridgehead atoms. The van der Waals surface area contributed by atoms with Crippen molar-refractivity contribution in [3.63, 3.8) is 0 Å². The van der Waals surface area contributed by atoms with Gasteiger partial charge in [-0.05, 0) is 55.8 Å². The van der Waals surface area contributed by atoms with Crippen molar-refractivity contribution in [1.82, 2.24) is 9.80 Å². The molecular weight excluding hydrogens is 434 g/mol. The number of hydrogen-bond acceptors (Lipinski definition) is 6. The van der Waals surface area contributed by atoms with E-state index in [2.05, 4.69) is 4.72 Å². The summed E-state index contributed by atoms with van der Waals surface area (Å²) in [4.78, 5) is 27.4. The van der Waals surface area contributed by atoms with Gasteiger partial charge in [0, 0.05) is 31.9 Å². The van der Waals surface area contributed by atoms with Crippen molar-refractivity contribution in [2.75, 3.05) is 44.1 Å². The lowest BCUT2D eigenvalue weighted by Crippen LogP contribution is -2.51. The number of aryl methyl sites for hydroxylation is 1. The second-order valence-corrected chi connectivity index (χ2v) is 8.98. The number of nitrogens with zero attached hydrogens (tertiary/aromatic N) is 2. The Balaban J connectivity index is 1.50. The van der Waals surface area contributed by atoms with Gasteiger partial charge in [0.2, 0.25) is 0 Å².